The van der Waals surface area contributed by atoms with E-state index < -0.39 is 0 Å². The Morgan fingerprint density at radius 3 is 3.10 bits per heavy atom. The highest BCUT2D eigenvalue weighted by Crippen LogP contribution is 2.36. The van der Waals surface area contributed by atoms with Crippen molar-refractivity contribution in [3.8, 4) is 5.75 Å². The molecule has 4 rings (SSSR count). The second-order valence-corrected chi connectivity index (χ2v) is 9.73. The molecule has 0 aliphatic heterocycles. The highest BCUT2D eigenvalue weighted by molar-refractivity contribution is 7.99. The number of amides is 1. The van der Waals surface area contributed by atoms with Crippen molar-refractivity contribution in [2.75, 3.05) is 18.2 Å². The number of allylic oxidation sites excluding steroid dienone is 1. The lowest BCUT2D eigenvalue weighted by Gasteiger charge is -2.17. The van der Waals surface area contributed by atoms with Crippen molar-refractivity contribution in [1.82, 2.24) is 9.55 Å². The fourth-order valence-electron chi connectivity index (χ4n) is 3.83. The molecule has 8 heteroatoms. The molecule has 162 valence electrons. The third kappa shape index (κ3) is 4.55. The minimum Gasteiger partial charge on any atom is -0.497 e. The number of rotatable bonds is 7. The number of benzene rings is 1. The number of methoxy groups -OCH3 is 1. The molecule has 31 heavy (non-hydrogen) atoms. The van der Waals surface area contributed by atoms with Crippen molar-refractivity contribution in [1.29, 1.82) is 0 Å². The van der Waals surface area contributed by atoms with Gasteiger partial charge in [-0.25, -0.2) is 4.98 Å². The number of carbonyl (C=O) groups excluding carboxylic acids is 1. The van der Waals surface area contributed by atoms with Crippen molar-refractivity contribution < 1.29 is 9.53 Å². The highest BCUT2D eigenvalue weighted by Gasteiger charge is 2.24. The molecule has 2 aromatic heterocycles. The summed E-state index contributed by atoms with van der Waals surface area (Å²) in [6.07, 6.45) is 4.72. The SMILES string of the molecule is C=CCn1c(SCC(=O)Nc2cccc(OC)c2)nc2sc3c(c2c1=O)CC[C@H](C)C3. The summed E-state index contributed by atoms with van der Waals surface area (Å²) in [5, 5.41) is 4.16. The number of nitrogens with one attached hydrogen (secondary N) is 1. The van der Waals surface area contributed by atoms with E-state index >= 15 is 0 Å². The third-order valence-corrected chi connectivity index (χ3v) is 7.50. The van der Waals surface area contributed by atoms with Crippen LogP contribution in [-0.2, 0) is 24.2 Å². The van der Waals surface area contributed by atoms with Crippen LogP contribution in [-0.4, -0.2) is 28.3 Å². The largest absolute Gasteiger partial charge is 0.497 e. The molecule has 0 saturated carbocycles. The number of fused-ring (bicyclic) bond motifs is 3. The first-order chi connectivity index (χ1) is 15.0. The molecule has 0 bridgehead atoms. The first-order valence-corrected chi connectivity index (χ1v) is 12.0. The van der Waals surface area contributed by atoms with E-state index in [-0.39, 0.29) is 17.2 Å². The van der Waals surface area contributed by atoms with Gasteiger partial charge in [0.25, 0.3) is 5.56 Å². The van der Waals surface area contributed by atoms with Crippen molar-refractivity contribution in [3.05, 3.63) is 57.7 Å². The molecule has 2 heterocycles. The van der Waals surface area contributed by atoms with Crippen LogP contribution in [0.1, 0.15) is 23.8 Å². The third-order valence-electron chi connectivity index (χ3n) is 5.38. The number of ether oxygens (including phenoxy) is 1. The Morgan fingerprint density at radius 2 is 2.32 bits per heavy atom. The van der Waals surface area contributed by atoms with Gasteiger partial charge in [0.15, 0.2) is 5.16 Å². The number of anilines is 1. The van der Waals surface area contributed by atoms with Gasteiger partial charge in [-0.05, 0) is 42.9 Å². The topological polar surface area (TPSA) is 73.2 Å². The maximum Gasteiger partial charge on any atom is 0.263 e. The van der Waals surface area contributed by atoms with Crippen molar-refractivity contribution in [2.45, 2.75) is 37.9 Å². The second-order valence-electron chi connectivity index (χ2n) is 7.70. The van der Waals surface area contributed by atoms with Gasteiger partial charge in [0.1, 0.15) is 10.6 Å². The number of hydrogen-bond acceptors (Lipinski definition) is 6. The Kier molecular flexibility index (Phi) is 6.48. The summed E-state index contributed by atoms with van der Waals surface area (Å²) in [4.78, 5) is 32.7. The van der Waals surface area contributed by atoms with Crippen LogP contribution in [0, 0.1) is 5.92 Å². The molecular weight excluding hydrogens is 430 g/mol. The quantitative estimate of drug-likeness (QED) is 0.322. The zero-order valence-electron chi connectivity index (χ0n) is 17.6. The predicted octanol–water partition coefficient (Wildman–Crippen LogP) is 4.51. The molecule has 3 aromatic rings. The summed E-state index contributed by atoms with van der Waals surface area (Å²) in [5.74, 6) is 1.28. The van der Waals surface area contributed by atoms with Crippen LogP contribution in [0.5, 0.6) is 5.75 Å². The van der Waals surface area contributed by atoms with Crippen molar-refractivity contribution in [3.63, 3.8) is 0 Å². The van der Waals surface area contributed by atoms with E-state index in [0.29, 0.717) is 29.1 Å². The molecule has 1 aliphatic rings. The molecule has 0 spiro atoms. The summed E-state index contributed by atoms with van der Waals surface area (Å²) in [6.45, 7) is 6.40. The number of nitrogens with zero attached hydrogens (tertiary/aromatic N) is 2. The molecule has 0 fully saturated rings. The molecule has 6 nitrogen and oxygen atoms in total. The van der Waals surface area contributed by atoms with Crippen molar-refractivity contribution in [2.24, 2.45) is 5.92 Å². The zero-order chi connectivity index (χ0) is 22.0. The number of thioether (sulfide) groups is 1. The van der Waals surface area contributed by atoms with Crippen LogP contribution < -0.4 is 15.6 Å². The first-order valence-electron chi connectivity index (χ1n) is 10.2. The molecule has 0 saturated heterocycles. The van der Waals surface area contributed by atoms with E-state index in [1.165, 1.54) is 22.2 Å². The second kappa shape index (κ2) is 9.28. The lowest BCUT2D eigenvalue weighted by atomic mass is 9.89. The number of aromatic nitrogens is 2. The van der Waals surface area contributed by atoms with Crippen LogP contribution in [0.2, 0.25) is 0 Å². The number of hydrogen-bond donors (Lipinski definition) is 1. The minimum absolute atomic E-state index is 0.0346. The summed E-state index contributed by atoms with van der Waals surface area (Å²) in [6, 6.07) is 7.20. The lowest BCUT2D eigenvalue weighted by molar-refractivity contribution is -0.113. The first kappa shape index (κ1) is 21.6. The molecule has 1 aromatic carbocycles. The van der Waals surface area contributed by atoms with Gasteiger partial charge < -0.3 is 10.1 Å². The number of thiophene rings is 1. The normalized spacial score (nSPS) is 15.5. The molecule has 1 aliphatic carbocycles. The van der Waals surface area contributed by atoms with E-state index in [4.69, 9.17) is 9.72 Å². The Morgan fingerprint density at radius 1 is 1.48 bits per heavy atom. The zero-order valence-corrected chi connectivity index (χ0v) is 19.3. The van der Waals surface area contributed by atoms with Crippen molar-refractivity contribution >= 4 is 44.9 Å². The van der Waals surface area contributed by atoms with Gasteiger partial charge in [-0.2, -0.15) is 0 Å². The van der Waals surface area contributed by atoms with E-state index in [1.807, 2.05) is 12.1 Å². The van der Waals surface area contributed by atoms with E-state index in [0.717, 1.165) is 29.5 Å². The maximum atomic E-state index is 13.3. The Bertz CT molecular complexity index is 1200. The fraction of sp³-hybridized carbons (Fsp3) is 0.348. The van der Waals surface area contributed by atoms with Crippen LogP contribution >= 0.6 is 23.1 Å². The molecule has 0 unspecified atom stereocenters. The fourth-order valence-corrected chi connectivity index (χ4v) is 6.07. The van der Waals surface area contributed by atoms with Gasteiger partial charge in [0.2, 0.25) is 5.91 Å². The van der Waals surface area contributed by atoms with Gasteiger partial charge in [-0.1, -0.05) is 30.8 Å². The summed E-state index contributed by atoms with van der Waals surface area (Å²) >= 11 is 2.89. The van der Waals surface area contributed by atoms with Gasteiger partial charge in [-0.15, -0.1) is 17.9 Å². The van der Waals surface area contributed by atoms with Crippen LogP contribution in [0.3, 0.4) is 0 Å². The molecule has 1 amide bonds. The van der Waals surface area contributed by atoms with Crippen LogP contribution in [0.4, 0.5) is 5.69 Å². The Balaban J connectivity index is 1.59. The highest BCUT2D eigenvalue weighted by atomic mass is 32.2. The predicted molar refractivity (Wildman–Crippen MR) is 128 cm³/mol. The number of carbonyl (C=O) groups is 1. The van der Waals surface area contributed by atoms with E-state index in [2.05, 4.69) is 18.8 Å². The average molecular weight is 456 g/mol. The van der Waals surface area contributed by atoms with Gasteiger partial charge >= 0.3 is 0 Å². The summed E-state index contributed by atoms with van der Waals surface area (Å²) < 4.78 is 6.82. The van der Waals surface area contributed by atoms with E-state index in [1.54, 1.807) is 41.2 Å². The molecular formula is C23H25N3O3S2. The minimum atomic E-state index is -0.169. The standard InChI is InChI=1S/C23H25N3O3S2/c1-4-10-26-22(28)20-17-9-8-14(2)11-18(17)31-21(20)25-23(26)30-13-19(27)24-15-6-5-7-16(12-15)29-3/h4-7,12,14H,1,8-11,13H2,2-3H3,(H,24,27)/t14-/m0/s1. The summed E-state index contributed by atoms with van der Waals surface area (Å²) in [7, 11) is 1.58. The van der Waals surface area contributed by atoms with Crippen LogP contribution in [0.25, 0.3) is 10.2 Å². The molecule has 0 radical (unpaired) electrons. The monoisotopic (exact) mass is 455 g/mol. The number of aryl methyl sites for hydroxylation is 1. The average Bonchev–Trinajstić information content (AvgIpc) is 3.12. The molecule has 1 atom stereocenters. The Hall–Kier alpha value is -2.58. The Labute approximate surface area is 189 Å². The van der Waals surface area contributed by atoms with Gasteiger partial charge in [0, 0.05) is 23.2 Å². The molecule has 1 N–H and O–H groups in total. The van der Waals surface area contributed by atoms with E-state index in [9.17, 15) is 9.59 Å². The van der Waals surface area contributed by atoms with Gasteiger partial charge in [-0.3, -0.25) is 14.2 Å². The summed E-state index contributed by atoms with van der Waals surface area (Å²) in [5.41, 5.74) is 1.80. The maximum absolute atomic E-state index is 13.3. The lowest BCUT2D eigenvalue weighted by Crippen LogP contribution is -2.24. The van der Waals surface area contributed by atoms with Crippen LogP contribution in [0.15, 0.2) is 46.9 Å². The smallest absolute Gasteiger partial charge is 0.263 e. The van der Waals surface area contributed by atoms with Gasteiger partial charge in [0.05, 0.1) is 18.2 Å².